The van der Waals surface area contributed by atoms with Gasteiger partial charge in [0.05, 0.1) is 0 Å². The summed E-state index contributed by atoms with van der Waals surface area (Å²) in [5, 5.41) is 10.8. The van der Waals surface area contributed by atoms with Crippen molar-refractivity contribution in [1.29, 1.82) is 0 Å². The Morgan fingerprint density at radius 2 is 1.67 bits per heavy atom. The van der Waals surface area contributed by atoms with Gasteiger partial charge in [-0.15, -0.1) is 0 Å². The Hall–Kier alpha value is -1.67. The van der Waals surface area contributed by atoms with Gasteiger partial charge in [0.15, 0.2) is 0 Å². The number of hydrogen-bond acceptors (Lipinski definition) is 1. The molecule has 3 rings (SSSR count). The molecule has 0 aromatic heterocycles. The van der Waals surface area contributed by atoms with E-state index in [9.17, 15) is 9.50 Å². The molecule has 0 saturated heterocycles. The predicted octanol–water partition coefficient (Wildman–Crippen LogP) is 4.66. The first-order valence-electron chi connectivity index (χ1n) is 7.58. The second-order valence-corrected chi connectivity index (χ2v) is 6.29. The summed E-state index contributed by atoms with van der Waals surface area (Å²) in [5.41, 5.74) is 2.15. The van der Waals surface area contributed by atoms with Gasteiger partial charge in [-0.05, 0) is 60.9 Å². The minimum absolute atomic E-state index is 0.279. The molecule has 1 fully saturated rings. The molecule has 1 atom stereocenters. The van der Waals surface area contributed by atoms with Crippen molar-refractivity contribution in [2.24, 2.45) is 0 Å². The highest BCUT2D eigenvalue weighted by Gasteiger charge is 2.27. The van der Waals surface area contributed by atoms with E-state index in [1.54, 1.807) is 26.0 Å². The number of benzene rings is 2. The zero-order valence-corrected chi connectivity index (χ0v) is 12.6. The summed E-state index contributed by atoms with van der Waals surface area (Å²) in [6, 6.07) is 13.0. The molecule has 1 saturated carbocycles. The highest BCUT2D eigenvalue weighted by Crippen LogP contribution is 2.37. The Morgan fingerprint density at radius 1 is 1.05 bits per heavy atom. The normalized spacial score (nSPS) is 18.1. The zero-order chi connectivity index (χ0) is 15.0. The Balaban J connectivity index is 1.91. The number of hydrogen-bond donors (Lipinski definition) is 1. The Bertz CT molecular complexity index is 639. The van der Waals surface area contributed by atoms with Gasteiger partial charge in [0, 0.05) is 0 Å². The molecule has 2 heteroatoms. The topological polar surface area (TPSA) is 20.2 Å². The second-order valence-electron chi connectivity index (χ2n) is 6.29. The van der Waals surface area contributed by atoms with Crippen LogP contribution < -0.4 is 0 Å². The summed E-state index contributed by atoms with van der Waals surface area (Å²) >= 11 is 0. The molecular formula is C19H21FO. The highest BCUT2D eigenvalue weighted by atomic mass is 19.1. The van der Waals surface area contributed by atoms with E-state index in [0.717, 1.165) is 5.56 Å². The molecule has 2 aromatic rings. The van der Waals surface area contributed by atoms with Crippen LogP contribution in [0.25, 0.3) is 0 Å². The lowest BCUT2D eigenvalue weighted by atomic mass is 9.79. The fourth-order valence-corrected chi connectivity index (χ4v) is 2.88. The summed E-state index contributed by atoms with van der Waals surface area (Å²) in [5.74, 6) is 0.402. The lowest BCUT2D eigenvalue weighted by Gasteiger charge is -2.28. The lowest BCUT2D eigenvalue weighted by Crippen LogP contribution is -2.23. The third-order valence-corrected chi connectivity index (χ3v) is 4.78. The molecule has 110 valence electrons. The van der Waals surface area contributed by atoms with Crippen LogP contribution in [0, 0.1) is 12.7 Å². The summed E-state index contributed by atoms with van der Waals surface area (Å²) in [7, 11) is 0. The molecule has 1 unspecified atom stereocenters. The summed E-state index contributed by atoms with van der Waals surface area (Å²) < 4.78 is 13.7. The third-order valence-electron chi connectivity index (χ3n) is 4.78. The first-order chi connectivity index (χ1) is 9.98. The van der Waals surface area contributed by atoms with Gasteiger partial charge in [-0.25, -0.2) is 4.39 Å². The van der Waals surface area contributed by atoms with E-state index in [0.29, 0.717) is 17.0 Å². The largest absolute Gasteiger partial charge is 0.381 e. The van der Waals surface area contributed by atoms with Gasteiger partial charge in [-0.2, -0.15) is 0 Å². The molecule has 0 amide bonds. The second kappa shape index (κ2) is 5.27. The van der Waals surface area contributed by atoms with E-state index < -0.39 is 5.60 Å². The Morgan fingerprint density at radius 3 is 2.19 bits per heavy atom. The van der Waals surface area contributed by atoms with Crippen LogP contribution in [-0.2, 0) is 5.60 Å². The van der Waals surface area contributed by atoms with Crippen LogP contribution in [0.1, 0.15) is 54.4 Å². The minimum atomic E-state index is -1.17. The molecule has 21 heavy (non-hydrogen) atoms. The van der Waals surface area contributed by atoms with Crippen molar-refractivity contribution >= 4 is 0 Å². The van der Waals surface area contributed by atoms with Gasteiger partial charge >= 0.3 is 0 Å². The molecule has 1 nitrogen and oxygen atoms in total. The molecule has 0 spiro atoms. The molecule has 0 bridgehead atoms. The van der Waals surface area contributed by atoms with Gasteiger partial charge in [0.2, 0.25) is 0 Å². The smallest absolute Gasteiger partial charge is 0.126 e. The number of halogens is 1. The number of aliphatic hydroxyl groups is 1. The van der Waals surface area contributed by atoms with Crippen LogP contribution in [0.4, 0.5) is 4.39 Å². The van der Waals surface area contributed by atoms with Crippen molar-refractivity contribution in [3.05, 3.63) is 70.5 Å². The molecule has 0 heterocycles. The number of aryl methyl sites for hydroxylation is 1. The maximum Gasteiger partial charge on any atom is 0.126 e. The maximum atomic E-state index is 13.7. The molecule has 1 aliphatic rings. The van der Waals surface area contributed by atoms with Gasteiger partial charge in [-0.1, -0.05) is 42.8 Å². The van der Waals surface area contributed by atoms with Crippen LogP contribution in [0.5, 0.6) is 0 Å². The van der Waals surface area contributed by atoms with Gasteiger partial charge in [-0.3, -0.25) is 0 Å². The zero-order valence-electron chi connectivity index (χ0n) is 12.6. The van der Waals surface area contributed by atoms with E-state index in [1.807, 2.05) is 12.1 Å². The third kappa shape index (κ3) is 2.60. The first kappa shape index (κ1) is 14.3. The average Bonchev–Trinajstić information content (AvgIpc) is 2.40. The van der Waals surface area contributed by atoms with Crippen LogP contribution in [0.15, 0.2) is 42.5 Å². The molecule has 2 aromatic carbocycles. The van der Waals surface area contributed by atoms with Crippen molar-refractivity contribution in [3.8, 4) is 0 Å². The van der Waals surface area contributed by atoms with Crippen molar-refractivity contribution in [2.45, 2.75) is 44.6 Å². The van der Waals surface area contributed by atoms with Gasteiger partial charge < -0.3 is 5.11 Å². The quantitative estimate of drug-likeness (QED) is 0.869. The number of rotatable bonds is 3. The molecule has 1 N–H and O–H groups in total. The molecular weight excluding hydrogens is 263 g/mol. The van der Waals surface area contributed by atoms with Crippen molar-refractivity contribution in [2.75, 3.05) is 0 Å². The van der Waals surface area contributed by atoms with E-state index in [2.05, 4.69) is 12.1 Å². The van der Waals surface area contributed by atoms with E-state index in [-0.39, 0.29) is 5.82 Å². The Labute approximate surface area is 125 Å². The average molecular weight is 284 g/mol. The molecule has 0 aliphatic heterocycles. The van der Waals surface area contributed by atoms with Crippen molar-refractivity contribution in [3.63, 3.8) is 0 Å². The monoisotopic (exact) mass is 284 g/mol. The summed E-state index contributed by atoms with van der Waals surface area (Å²) in [6.07, 6.45) is 3.84. The van der Waals surface area contributed by atoms with Crippen LogP contribution in [-0.4, -0.2) is 5.11 Å². The van der Waals surface area contributed by atoms with E-state index >= 15 is 0 Å². The van der Waals surface area contributed by atoms with Crippen LogP contribution in [0.2, 0.25) is 0 Å². The summed E-state index contributed by atoms with van der Waals surface area (Å²) in [4.78, 5) is 0. The predicted molar refractivity (Wildman–Crippen MR) is 82.8 cm³/mol. The maximum absolute atomic E-state index is 13.7. The first-order valence-corrected chi connectivity index (χ1v) is 7.58. The lowest BCUT2D eigenvalue weighted by molar-refractivity contribution is 0.102. The fraction of sp³-hybridized carbons (Fsp3) is 0.368. The fourth-order valence-electron chi connectivity index (χ4n) is 2.88. The molecule has 0 radical (unpaired) electrons. The van der Waals surface area contributed by atoms with Crippen LogP contribution in [0.3, 0.4) is 0 Å². The van der Waals surface area contributed by atoms with Crippen LogP contribution >= 0.6 is 0 Å². The minimum Gasteiger partial charge on any atom is -0.381 e. The SMILES string of the molecule is Cc1ccc(C(C)(O)c2ccc(C3CCC3)cc2)cc1F. The van der Waals surface area contributed by atoms with Gasteiger partial charge in [0.25, 0.3) is 0 Å². The van der Waals surface area contributed by atoms with Crippen molar-refractivity contribution < 1.29 is 9.50 Å². The molecule has 1 aliphatic carbocycles. The summed E-state index contributed by atoms with van der Waals surface area (Å²) in [6.45, 7) is 3.44. The Kier molecular flexibility index (Phi) is 3.58. The van der Waals surface area contributed by atoms with E-state index in [4.69, 9.17) is 0 Å². The van der Waals surface area contributed by atoms with Gasteiger partial charge in [0.1, 0.15) is 11.4 Å². The van der Waals surface area contributed by atoms with E-state index in [1.165, 1.54) is 30.9 Å². The highest BCUT2D eigenvalue weighted by molar-refractivity contribution is 5.38. The standard InChI is InChI=1S/C19H21FO/c1-13-6-9-17(12-18(13)20)19(2,21)16-10-7-15(8-11-16)14-4-3-5-14/h6-12,14,21H,3-5H2,1-2H3. The van der Waals surface area contributed by atoms with Crippen molar-refractivity contribution in [1.82, 2.24) is 0 Å².